The first-order chi connectivity index (χ1) is 12.6. The topological polar surface area (TPSA) is 55.9 Å². The Labute approximate surface area is 163 Å². The Kier molecular flexibility index (Phi) is 5.07. The summed E-state index contributed by atoms with van der Waals surface area (Å²) >= 11 is 12.4. The van der Waals surface area contributed by atoms with E-state index in [2.05, 4.69) is 16.0 Å². The first-order valence-electron chi connectivity index (χ1n) is 9.03. The molecular formula is C20H22Cl2N4. The summed E-state index contributed by atoms with van der Waals surface area (Å²) in [5, 5.41) is 4.90. The minimum absolute atomic E-state index is 0.163. The smallest absolute Gasteiger partial charge is 0.204 e. The Balaban J connectivity index is 1.71. The predicted molar refractivity (Wildman–Crippen MR) is 109 cm³/mol. The van der Waals surface area contributed by atoms with Crippen molar-refractivity contribution in [2.75, 3.05) is 5.32 Å². The maximum Gasteiger partial charge on any atom is 0.204 e. The molecule has 6 heteroatoms. The Morgan fingerprint density at radius 1 is 1.12 bits per heavy atom. The third-order valence-corrected chi connectivity index (χ3v) is 5.72. The van der Waals surface area contributed by atoms with Gasteiger partial charge in [-0.1, -0.05) is 54.2 Å². The third kappa shape index (κ3) is 3.54. The van der Waals surface area contributed by atoms with Gasteiger partial charge in [-0.3, -0.25) is 0 Å². The number of nitrogens with zero attached hydrogens (tertiary/aromatic N) is 2. The molecule has 4 rings (SSSR count). The number of hydrogen-bond acceptors (Lipinski definition) is 3. The van der Waals surface area contributed by atoms with Gasteiger partial charge in [-0.25, -0.2) is 4.98 Å². The van der Waals surface area contributed by atoms with Gasteiger partial charge >= 0.3 is 0 Å². The van der Waals surface area contributed by atoms with Crippen LogP contribution in [0.1, 0.15) is 31.2 Å². The quantitative estimate of drug-likeness (QED) is 0.655. The molecule has 3 aromatic rings. The highest BCUT2D eigenvalue weighted by Gasteiger charge is 2.24. The number of halogens is 2. The standard InChI is InChI=1S/C20H22Cl2N4/c21-14-10-9-13(15(22)11-14)12-26-19-8-4-3-7-18(19)25-20(26)24-17-6-2-1-5-16(17)23/h3-4,7-11,16-17H,1-2,5-6,12,23H2,(H,24,25)/t16-,17-/m0/s1. The van der Waals surface area contributed by atoms with Gasteiger partial charge < -0.3 is 15.6 Å². The Morgan fingerprint density at radius 2 is 1.92 bits per heavy atom. The number of aromatic nitrogens is 2. The molecule has 4 nitrogen and oxygen atoms in total. The lowest BCUT2D eigenvalue weighted by molar-refractivity contribution is 0.401. The van der Waals surface area contributed by atoms with Gasteiger partial charge in [0.1, 0.15) is 0 Å². The van der Waals surface area contributed by atoms with Crippen LogP contribution in [-0.2, 0) is 6.54 Å². The number of benzene rings is 2. The molecule has 0 aliphatic heterocycles. The minimum atomic E-state index is 0.163. The van der Waals surface area contributed by atoms with Crippen LogP contribution < -0.4 is 11.1 Å². The van der Waals surface area contributed by atoms with E-state index in [0.717, 1.165) is 35.4 Å². The predicted octanol–water partition coefficient (Wildman–Crippen LogP) is 5.07. The van der Waals surface area contributed by atoms with Crippen molar-refractivity contribution in [2.45, 2.75) is 44.3 Å². The fourth-order valence-corrected chi connectivity index (χ4v) is 4.14. The van der Waals surface area contributed by atoms with E-state index < -0.39 is 0 Å². The highest BCUT2D eigenvalue weighted by molar-refractivity contribution is 6.35. The second-order valence-electron chi connectivity index (χ2n) is 6.95. The number of hydrogen-bond donors (Lipinski definition) is 2. The SMILES string of the molecule is N[C@H]1CCCC[C@@H]1Nc1nc2ccccc2n1Cc1ccc(Cl)cc1Cl. The van der Waals surface area contributed by atoms with Crippen LogP contribution in [0.2, 0.25) is 10.0 Å². The van der Waals surface area contributed by atoms with Crippen molar-refractivity contribution in [3.8, 4) is 0 Å². The summed E-state index contributed by atoms with van der Waals surface area (Å²) in [6, 6.07) is 14.2. The van der Waals surface area contributed by atoms with Gasteiger partial charge in [-0.05, 0) is 42.7 Å². The Hall–Kier alpha value is -1.75. The number of para-hydroxylation sites is 2. The van der Waals surface area contributed by atoms with Crippen molar-refractivity contribution in [2.24, 2.45) is 5.73 Å². The van der Waals surface area contributed by atoms with E-state index in [-0.39, 0.29) is 12.1 Å². The summed E-state index contributed by atoms with van der Waals surface area (Å²) < 4.78 is 2.17. The molecule has 0 amide bonds. The second-order valence-corrected chi connectivity index (χ2v) is 7.79. The van der Waals surface area contributed by atoms with E-state index in [0.29, 0.717) is 16.6 Å². The van der Waals surface area contributed by atoms with Crippen molar-refractivity contribution in [3.05, 3.63) is 58.1 Å². The van der Waals surface area contributed by atoms with Gasteiger partial charge in [-0.15, -0.1) is 0 Å². The number of nitrogens with one attached hydrogen (secondary N) is 1. The molecule has 136 valence electrons. The molecule has 26 heavy (non-hydrogen) atoms. The lowest BCUT2D eigenvalue weighted by atomic mass is 9.91. The molecule has 1 aliphatic carbocycles. The molecular weight excluding hydrogens is 367 g/mol. The van der Waals surface area contributed by atoms with Crippen LogP contribution >= 0.6 is 23.2 Å². The molecule has 2 atom stereocenters. The van der Waals surface area contributed by atoms with Crippen LogP contribution in [0.25, 0.3) is 11.0 Å². The van der Waals surface area contributed by atoms with Crippen LogP contribution in [0.5, 0.6) is 0 Å². The van der Waals surface area contributed by atoms with E-state index in [4.69, 9.17) is 33.9 Å². The van der Waals surface area contributed by atoms with Crippen molar-refractivity contribution in [1.82, 2.24) is 9.55 Å². The molecule has 0 saturated heterocycles. The minimum Gasteiger partial charge on any atom is -0.351 e. The number of imidazole rings is 1. The second kappa shape index (κ2) is 7.47. The summed E-state index contributed by atoms with van der Waals surface area (Å²) in [6.45, 7) is 0.626. The normalized spacial score (nSPS) is 20.4. The monoisotopic (exact) mass is 388 g/mol. The molecule has 1 saturated carbocycles. The van der Waals surface area contributed by atoms with Gasteiger partial charge in [-0.2, -0.15) is 0 Å². The molecule has 1 aromatic heterocycles. The molecule has 0 bridgehead atoms. The average molecular weight is 389 g/mol. The first kappa shape index (κ1) is 17.7. The lowest BCUT2D eigenvalue weighted by Gasteiger charge is -2.30. The van der Waals surface area contributed by atoms with E-state index in [9.17, 15) is 0 Å². The van der Waals surface area contributed by atoms with Crippen molar-refractivity contribution in [1.29, 1.82) is 0 Å². The average Bonchev–Trinajstić information content (AvgIpc) is 2.97. The van der Waals surface area contributed by atoms with Crippen LogP contribution in [0.4, 0.5) is 5.95 Å². The summed E-state index contributed by atoms with van der Waals surface area (Å²) in [7, 11) is 0. The van der Waals surface area contributed by atoms with Crippen LogP contribution in [-0.4, -0.2) is 21.6 Å². The lowest BCUT2D eigenvalue weighted by Crippen LogP contribution is -2.43. The first-order valence-corrected chi connectivity index (χ1v) is 9.79. The molecule has 1 fully saturated rings. The van der Waals surface area contributed by atoms with Crippen LogP contribution in [0.15, 0.2) is 42.5 Å². The Morgan fingerprint density at radius 3 is 2.73 bits per heavy atom. The molecule has 0 spiro atoms. The molecule has 0 unspecified atom stereocenters. The van der Waals surface area contributed by atoms with Gasteiger partial charge in [0.25, 0.3) is 0 Å². The third-order valence-electron chi connectivity index (χ3n) is 5.13. The van der Waals surface area contributed by atoms with E-state index >= 15 is 0 Å². The van der Waals surface area contributed by atoms with Crippen molar-refractivity contribution < 1.29 is 0 Å². The zero-order chi connectivity index (χ0) is 18.1. The maximum absolute atomic E-state index is 6.41. The molecule has 3 N–H and O–H groups in total. The number of rotatable bonds is 4. The van der Waals surface area contributed by atoms with Crippen molar-refractivity contribution >= 4 is 40.2 Å². The van der Waals surface area contributed by atoms with Crippen LogP contribution in [0, 0.1) is 0 Å². The van der Waals surface area contributed by atoms with Crippen molar-refractivity contribution in [3.63, 3.8) is 0 Å². The Bertz CT molecular complexity index is 921. The number of nitrogens with two attached hydrogens (primary N) is 1. The zero-order valence-corrected chi connectivity index (χ0v) is 16.0. The largest absolute Gasteiger partial charge is 0.351 e. The van der Waals surface area contributed by atoms with E-state index in [1.165, 1.54) is 12.8 Å². The zero-order valence-electron chi connectivity index (χ0n) is 14.5. The fraction of sp³-hybridized carbons (Fsp3) is 0.350. The van der Waals surface area contributed by atoms with Gasteiger partial charge in [0.15, 0.2) is 0 Å². The van der Waals surface area contributed by atoms with Crippen LogP contribution in [0.3, 0.4) is 0 Å². The molecule has 2 aromatic carbocycles. The van der Waals surface area contributed by atoms with Gasteiger partial charge in [0.2, 0.25) is 5.95 Å². The summed E-state index contributed by atoms with van der Waals surface area (Å²) in [4.78, 5) is 4.81. The molecule has 1 heterocycles. The number of anilines is 1. The molecule has 1 aliphatic rings. The van der Waals surface area contributed by atoms with E-state index in [1.54, 1.807) is 6.07 Å². The van der Waals surface area contributed by atoms with Gasteiger partial charge in [0, 0.05) is 22.1 Å². The maximum atomic E-state index is 6.41. The fourth-order valence-electron chi connectivity index (χ4n) is 3.67. The highest BCUT2D eigenvalue weighted by Crippen LogP contribution is 2.28. The molecule has 0 radical (unpaired) electrons. The highest BCUT2D eigenvalue weighted by atomic mass is 35.5. The number of fused-ring (bicyclic) bond motifs is 1. The van der Waals surface area contributed by atoms with Gasteiger partial charge in [0.05, 0.1) is 17.6 Å². The summed E-state index contributed by atoms with van der Waals surface area (Å²) in [5.41, 5.74) is 9.38. The van der Waals surface area contributed by atoms with E-state index in [1.807, 2.05) is 30.3 Å². The summed E-state index contributed by atoms with van der Waals surface area (Å²) in [5.74, 6) is 0.847. The summed E-state index contributed by atoms with van der Waals surface area (Å²) in [6.07, 6.45) is 4.54.